The van der Waals surface area contributed by atoms with Crippen molar-refractivity contribution in [3.63, 3.8) is 0 Å². The van der Waals surface area contributed by atoms with E-state index in [0.717, 1.165) is 22.3 Å². The van der Waals surface area contributed by atoms with Crippen LogP contribution in [0.5, 0.6) is 0 Å². The number of ketones is 1. The molecule has 0 spiro atoms. The molecule has 2 aromatic rings. The molecule has 0 radical (unpaired) electrons. The second kappa shape index (κ2) is 6.03. The minimum atomic E-state index is 0.218. The molecular weight excluding hydrogens is 256 g/mol. The molecule has 0 fully saturated rings. The zero-order chi connectivity index (χ0) is 13.8. The number of Topliss-reactive ketones (excluding diaryl/α,β-unsaturated/α-hetero) is 1. The highest BCUT2D eigenvalue weighted by Gasteiger charge is 2.08. The molecule has 98 valence electrons. The molecule has 0 aliphatic rings. The van der Waals surface area contributed by atoms with Crippen molar-refractivity contribution < 1.29 is 4.79 Å². The van der Waals surface area contributed by atoms with E-state index >= 15 is 0 Å². The van der Waals surface area contributed by atoms with Crippen LogP contribution in [-0.4, -0.2) is 5.78 Å². The molecule has 1 nitrogen and oxygen atoms in total. The maximum Gasteiger partial charge on any atom is 0.141 e. The van der Waals surface area contributed by atoms with E-state index in [2.05, 4.69) is 0 Å². The Morgan fingerprint density at radius 3 is 2.47 bits per heavy atom. The van der Waals surface area contributed by atoms with Crippen molar-refractivity contribution in [3.05, 3.63) is 69.7 Å². The number of hydrogen-bond donors (Lipinski definition) is 0. The maximum absolute atomic E-state index is 12.1. The molecular formula is C17H17ClO. The van der Waals surface area contributed by atoms with E-state index in [4.69, 9.17) is 11.6 Å². The summed E-state index contributed by atoms with van der Waals surface area (Å²) in [5, 5.41) is 0.693. The number of rotatable bonds is 4. The summed E-state index contributed by atoms with van der Waals surface area (Å²) in [6.45, 7) is 4.02. The van der Waals surface area contributed by atoms with Crippen LogP contribution in [0.3, 0.4) is 0 Å². The monoisotopic (exact) mass is 272 g/mol. The fourth-order valence-corrected chi connectivity index (χ4v) is 2.54. The first-order chi connectivity index (χ1) is 9.04. The van der Waals surface area contributed by atoms with Crippen molar-refractivity contribution >= 4 is 17.4 Å². The normalized spacial score (nSPS) is 10.5. The van der Waals surface area contributed by atoms with E-state index in [0.29, 0.717) is 17.9 Å². The molecule has 0 heterocycles. The van der Waals surface area contributed by atoms with Crippen LogP contribution in [0.1, 0.15) is 22.3 Å². The summed E-state index contributed by atoms with van der Waals surface area (Å²) in [6, 6.07) is 13.8. The fourth-order valence-electron chi connectivity index (χ4n) is 2.23. The molecule has 19 heavy (non-hydrogen) atoms. The van der Waals surface area contributed by atoms with Gasteiger partial charge in [-0.2, -0.15) is 0 Å². The highest BCUT2D eigenvalue weighted by molar-refractivity contribution is 6.30. The summed E-state index contributed by atoms with van der Waals surface area (Å²) >= 11 is 6.01. The lowest BCUT2D eigenvalue weighted by Gasteiger charge is -2.06. The molecule has 0 atom stereocenters. The quantitative estimate of drug-likeness (QED) is 0.810. The zero-order valence-electron chi connectivity index (χ0n) is 11.2. The van der Waals surface area contributed by atoms with Gasteiger partial charge in [-0.3, -0.25) is 4.79 Å². The number of halogens is 1. The van der Waals surface area contributed by atoms with Crippen LogP contribution >= 0.6 is 11.6 Å². The summed E-state index contributed by atoms with van der Waals surface area (Å²) in [7, 11) is 0. The standard InChI is InChI=1S/C17H17ClO/c1-12-7-14(9-16(18)8-12)10-17(19)11-15-6-4-3-5-13(15)2/h3-9H,10-11H2,1-2H3. The maximum atomic E-state index is 12.1. The van der Waals surface area contributed by atoms with Crippen LogP contribution in [0, 0.1) is 13.8 Å². The van der Waals surface area contributed by atoms with Crippen molar-refractivity contribution in [2.45, 2.75) is 26.7 Å². The fraction of sp³-hybridized carbons (Fsp3) is 0.235. The van der Waals surface area contributed by atoms with Crippen LogP contribution in [0.2, 0.25) is 5.02 Å². The lowest BCUT2D eigenvalue weighted by Crippen LogP contribution is -2.07. The summed E-state index contributed by atoms with van der Waals surface area (Å²) in [6.07, 6.45) is 0.925. The van der Waals surface area contributed by atoms with Crippen molar-refractivity contribution in [1.82, 2.24) is 0 Å². The molecule has 2 rings (SSSR count). The number of carbonyl (C=O) groups is 1. The molecule has 0 bridgehead atoms. The Morgan fingerprint density at radius 1 is 1.05 bits per heavy atom. The van der Waals surface area contributed by atoms with E-state index < -0.39 is 0 Å². The molecule has 0 unspecified atom stereocenters. The first kappa shape index (κ1) is 13.8. The van der Waals surface area contributed by atoms with Gasteiger partial charge in [0.2, 0.25) is 0 Å². The van der Waals surface area contributed by atoms with Gasteiger partial charge in [0.1, 0.15) is 5.78 Å². The topological polar surface area (TPSA) is 17.1 Å². The molecule has 0 saturated carbocycles. The van der Waals surface area contributed by atoms with E-state index in [-0.39, 0.29) is 5.78 Å². The number of aryl methyl sites for hydroxylation is 2. The number of carbonyl (C=O) groups excluding carboxylic acids is 1. The van der Waals surface area contributed by atoms with E-state index in [1.807, 2.05) is 56.3 Å². The van der Waals surface area contributed by atoms with Crippen molar-refractivity contribution in [2.75, 3.05) is 0 Å². The SMILES string of the molecule is Cc1cc(Cl)cc(CC(=O)Cc2ccccc2C)c1. The third kappa shape index (κ3) is 3.93. The smallest absolute Gasteiger partial charge is 0.141 e. The first-order valence-electron chi connectivity index (χ1n) is 6.37. The van der Waals surface area contributed by atoms with Gasteiger partial charge in [0.15, 0.2) is 0 Å². The van der Waals surface area contributed by atoms with Crippen LogP contribution < -0.4 is 0 Å². The third-order valence-corrected chi connectivity index (χ3v) is 3.37. The average molecular weight is 273 g/mol. The van der Waals surface area contributed by atoms with Gasteiger partial charge in [-0.15, -0.1) is 0 Å². The zero-order valence-corrected chi connectivity index (χ0v) is 12.0. The van der Waals surface area contributed by atoms with Crippen molar-refractivity contribution in [1.29, 1.82) is 0 Å². The first-order valence-corrected chi connectivity index (χ1v) is 6.74. The predicted octanol–water partition coefficient (Wildman–Crippen LogP) is 4.31. The highest BCUT2D eigenvalue weighted by Crippen LogP contribution is 2.16. The molecule has 0 amide bonds. The second-order valence-corrected chi connectivity index (χ2v) is 5.39. The number of benzene rings is 2. The van der Waals surface area contributed by atoms with E-state index in [1.54, 1.807) is 0 Å². The Morgan fingerprint density at radius 2 is 1.79 bits per heavy atom. The Bertz CT molecular complexity index is 582. The van der Waals surface area contributed by atoms with E-state index in [1.165, 1.54) is 0 Å². The van der Waals surface area contributed by atoms with Crippen molar-refractivity contribution in [2.24, 2.45) is 0 Å². The molecule has 2 heteroatoms. The van der Waals surface area contributed by atoms with Gasteiger partial charge >= 0.3 is 0 Å². The average Bonchev–Trinajstić information content (AvgIpc) is 2.30. The van der Waals surface area contributed by atoms with Crippen molar-refractivity contribution in [3.8, 4) is 0 Å². The van der Waals surface area contributed by atoms with Crippen LogP contribution in [0.25, 0.3) is 0 Å². The van der Waals surface area contributed by atoms with Gasteiger partial charge in [-0.05, 0) is 48.2 Å². The molecule has 0 aromatic heterocycles. The van der Waals surface area contributed by atoms with Gasteiger partial charge < -0.3 is 0 Å². The molecule has 0 N–H and O–H groups in total. The summed E-state index contributed by atoms with van der Waals surface area (Å²) < 4.78 is 0. The lowest BCUT2D eigenvalue weighted by molar-refractivity contribution is -0.117. The van der Waals surface area contributed by atoms with Crippen LogP contribution in [0.15, 0.2) is 42.5 Å². The van der Waals surface area contributed by atoms with Gasteiger partial charge in [-0.25, -0.2) is 0 Å². The predicted molar refractivity (Wildman–Crippen MR) is 79.8 cm³/mol. The molecule has 0 aliphatic carbocycles. The van der Waals surface area contributed by atoms with E-state index in [9.17, 15) is 4.79 Å². The van der Waals surface area contributed by atoms with Gasteiger partial charge in [0.25, 0.3) is 0 Å². The second-order valence-electron chi connectivity index (χ2n) is 4.96. The Hall–Kier alpha value is -1.60. The summed E-state index contributed by atoms with van der Waals surface area (Å²) in [4.78, 5) is 12.1. The van der Waals surface area contributed by atoms with Gasteiger partial charge in [-0.1, -0.05) is 41.9 Å². The summed E-state index contributed by atoms with van der Waals surface area (Å²) in [5.41, 5.74) is 4.35. The van der Waals surface area contributed by atoms with Gasteiger partial charge in [0.05, 0.1) is 0 Å². The number of hydrogen-bond acceptors (Lipinski definition) is 1. The van der Waals surface area contributed by atoms with Gasteiger partial charge in [0, 0.05) is 17.9 Å². The largest absolute Gasteiger partial charge is 0.299 e. The minimum absolute atomic E-state index is 0.218. The highest BCUT2D eigenvalue weighted by atomic mass is 35.5. The Kier molecular flexibility index (Phi) is 4.39. The Balaban J connectivity index is 2.07. The third-order valence-electron chi connectivity index (χ3n) is 3.15. The minimum Gasteiger partial charge on any atom is -0.299 e. The van der Waals surface area contributed by atoms with Crippen LogP contribution in [-0.2, 0) is 17.6 Å². The lowest BCUT2D eigenvalue weighted by atomic mass is 9.99. The Labute approximate surface area is 119 Å². The molecule has 0 aliphatic heterocycles. The molecule has 0 saturated heterocycles. The summed E-state index contributed by atoms with van der Waals surface area (Å²) in [5.74, 6) is 0.218. The van der Waals surface area contributed by atoms with Crippen LogP contribution in [0.4, 0.5) is 0 Å². The molecule has 2 aromatic carbocycles.